The third kappa shape index (κ3) is 4.30. The Morgan fingerprint density at radius 1 is 1.39 bits per heavy atom. The van der Waals surface area contributed by atoms with Crippen molar-refractivity contribution < 1.29 is 13.5 Å². The second kappa shape index (κ2) is 6.92. The average Bonchev–Trinajstić information content (AvgIpc) is 2.26. The van der Waals surface area contributed by atoms with Crippen LogP contribution in [0.2, 0.25) is 0 Å². The number of halogens is 2. The summed E-state index contributed by atoms with van der Waals surface area (Å²) in [5, 5.41) is 8.33. The molecule has 0 fully saturated rings. The number of nitrogens with two attached hydrogens (primary N) is 1. The lowest BCUT2D eigenvalue weighted by Gasteiger charge is -2.10. The van der Waals surface area contributed by atoms with E-state index in [2.05, 4.69) is 0 Å². The molecule has 2 N–H and O–H groups in total. The van der Waals surface area contributed by atoms with Crippen LogP contribution in [0.3, 0.4) is 0 Å². The van der Waals surface area contributed by atoms with Gasteiger partial charge in [0.1, 0.15) is 0 Å². The summed E-state index contributed by atoms with van der Waals surface area (Å²) in [6, 6.07) is 4.23. The molecule has 0 heterocycles. The fraction of sp³-hybridized carbons (Fsp3) is 0.462. The van der Waals surface area contributed by atoms with Gasteiger partial charge in [-0.3, -0.25) is 0 Å². The van der Waals surface area contributed by atoms with Gasteiger partial charge in [0.15, 0.2) is 17.4 Å². The maximum atomic E-state index is 13.6. The molecule has 0 aliphatic carbocycles. The first kappa shape index (κ1) is 14.4. The van der Waals surface area contributed by atoms with Gasteiger partial charge in [-0.25, -0.2) is 8.78 Å². The zero-order chi connectivity index (χ0) is 13.5. The summed E-state index contributed by atoms with van der Waals surface area (Å²) in [5.41, 5.74) is 6.07. The fourth-order valence-corrected chi connectivity index (χ4v) is 1.57. The molecule has 0 aliphatic heterocycles. The predicted molar refractivity (Wildman–Crippen MR) is 64.1 cm³/mol. The maximum Gasteiger partial charge on any atom is 0.190 e. The van der Waals surface area contributed by atoms with E-state index in [4.69, 9.17) is 15.7 Å². The van der Waals surface area contributed by atoms with E-state index in [1.54, 1.807) is 6.92 Å². The molecule has 1 aromatic carbocycles. The molecule has 1 rings (SSSR count). The number of nitriles is 1. The van der Waals surface area contributed by atoms with Gasteiger partial charge in [0.05, 0.1) is 12.7 Å². The molecule has 0 amide bonds. The minimum Gasteiger partial charge on any atom is -0.488 e. The van der Waals surface area contributed by atoms with Gasteiger partial charge in [0.25, 0.3) is 0 Å². The Kier molecular flexibility index (Phi) is 5.53. The van der Waals surface area contributed by atoms with E-state index >= 15 is 0 Å². The summed E-state index contributed by atoms with van der Waals surface area (Å²) in [5.74, 6) is -1.86. The van der Waals surface area contributed by atoms with Gasteiger partial charge in [-0.15, -0.1) is 0 Å². The number of rotatable bonds is 6. The summed E-state index contributed by atoms with van der Waals surface area (Å²) >= 11 is 0. The van der Waals surface area contributed by atoms with Crippen LogP contribution >= 0.6 is 0 Å². The van der Waals surface area contributed by atoms with Gasteiger partial charge in [-0.05, 0) is 37.5 Å². The number of hydrogen-bond acceptors (Lipinski definition) is 3. The van der Waals surface area contributed by atoms with Crippen molar-refractivity contribution in [3.63, 3.8) is 0 Å². The molecule has 3 nitrogen and oxygen atoms in total. The largest absolute Gasteiger partial charge is 0.488 e. The predicted octanol–water partition coefficient (Wildman–Crippen LogP) is 2.54. The normalized spacial score (nSPS) is 11.9. The van der Waals surface area contributed by atoms with Crippen molar-refractivity contribution in [2.75, 3.05) is 6.61 Å². The number of hydrogen-bond donors (Lipinski definition) is 1. The van der Waals surface area contributed by atoms with E-state index in [0.29, 0.717) is 24.8 Å². The number of unbranched alkanes of at least 4 members (excludes halogenated alkanes) is 1. The van der Waals surface area contributed by atoms with E-state index in [0.717, 1.165) is 0 Å². The second-order valence-electron chi connectivity index (χ2n) is 4.18. The van der Waals surface area contributed by atoms with Crippen LogP contribution in [0.5, 0.6) is 5.75 Å². The molecule has 0 spiro atoms. The van der Waals surface area contributed by atoms with Crippen LogP contribution in [0.15, 0.2) is 12.1 Å². The number of ether oxygens (including phenoxy) is 1. The zero-order valence-corrected chi connectivity index (χ0v) is 10.2. The Morgan fingerprint density at radius 3 is 2.50 bits per heavy atom. The Labute approximate surface area is 105 Å². The van der Waals surface area contributed by atoms with Crippen molar-refractivity contribution in [1.82, 2.24) is 0 Å². The first-order valence-corrected chi connectivity index (χ1v) is 5.78. The molecule has 18 heavy (non-hydrogen) atoms. The SMILES string of the molecule is CC(N)Cc1cc(F)c(OCCCC#N)c(F)c1. The topological polar surface area (TPSA) is 59.0 Å². The van der Waals surface area contributed by atoms with Gasteiger partial charge >= 0.3 is 0 Å². The summed E-state index contributed by atoms with van der Waals surface area (Å²) < 4.78 is 32.2. The Bertz CT molecular complexity index is 418. The molecule has 1 aromatic rings. The van der Waals surface area contributed by atoms with Gasteiger partial charge in [-0.1, -0.05) is 0 Å². The molecule has 0 saturated carbocycles. The molecule has 0 radical (unpaired) electrons. The van der Waals surface area contributed by atoms with Crippen molar-refractivity contribution in [2.24, 2.45) is 5.73 Å². The molecule has 0 aliphatic rings. The quantitative estimate of drug-likeness (QED) is 0.793. The van der Waals surface area contributed by atoms with Crippen LogP contribution in [0.1, 0.15) is 25.3 Å². The summed E-state index contributed by atoms with van der Waals surface area (Å²) in [7, 11) is 0. The number of benzene rings is 1. The van der Waals surface area contributed by atoms with Crippen molar-refractivity contribution in [3.8, 4) is 11.8 Å². The van der Waals surface area contributed by atoms with Crippen LogP contribution in [0, 0.1) is 23.0 Å². The highest BCUT2D eigenvalue weighted by Crippen LogP contribution is 2.24. The van der Waals surface area contributed by atoms with E-state index < -0.39 is 11.6 Å². The van der Waals surface area contributed by atoms with Crippen LogP contribution in [-0.2, 0) is 6.42 Å². The Balaban J connectivity index is 2.72. The van der Waals surface area contributed by atoms with Crippen LogP contribution in [0.4, 0.5) is 8.78 Å². The Hall–Kier alpha value is -1.67. The van der Waals surface area contributed by atoms with Gasteiger partial charge < -0.3 is 10.5 Å². The Morgan fingerprint density at radius 2 is 2.00 bits per heavy atom. The number of nitrogens with zero attached hydrogens (tertiary/aromatic N) is 1. The molecule has 0 aromatic heterocycles. The lowest BCUT2D eigenvalue weighted by atomic mass is 10.1. The smallest absolute Gasteiger partial charge is 0.190 e. The first-order chi connectivity index (χ1) is 8.54. The van der Waals surface area contributed by atoms with Crippen molar-refractivity contribution in [2.45, 2.75) is 32.2 Å². The minimum absolute atomic E-state index is 0.119. The van der Waals surface area contributed by atoms with E-state index in [9.17, 15) is 8.78 Å². The van der Waals surface area contributed by atoms with Crippen LogP contribution in [-0.4, -0.2) is 12.6 Å². The van der Waals surface area contributed by atoms with E-state index in [1.165, 1.54) is 12.1 Å². The zero-order valence-electron chi connectivity index (χ0n) is 10.2. The summed E-state index contributed by atoms with van der Waals surface area (Å²) in [6.07, 6.45) is 1.14. The van der Waals surface area contributed by atoms with E-state index in [-0.39, 0.29) is 18.4 Å². The molecule has 0 saturated heterocycles. The standard InChI is InChI=1S/C13H16F2N2O/c1-9(17)6-10-7-11(14)13(12(15)8-10)18-5-3-2-4-16/h7-9H,2-3,5-6,17H2,1H3. The van der Waals surface area contributed by atoms with Crippen molar-refractivity contribution in [1.29, 1.82) is 5.26 Å². The van der Waals surface area contributed by atoms with Crippen LogP contribution < -0.4 is 10.5 Å². The molecular weight excluding hydrogens is 238 g/mol. The van der Waals surface area contributed by atoms with Crippen molar-refractivity contribution in [3.05, 3.63) is 29.3 Å². The lowest BCUT2D eigenvalue weighted by molar-refractivity contribution is 0.281. The van der Waals surface area contributed by atoms with Crippen LogP contribution in [0.25, 0.3) is 0 Å². The molecule has 1 atom stereocenters. The monoisotopic (exact) mass is 254 g/mol. The second-order valence-corrected chi connectivity index (χ2v) is 4.18. The summed E-state index contributed by atoms with van der Waals surface area (Å²) in [4.78, 5) is 0. The molecule has 0 bridgehead atoms. The minimum atomic E-state index is -0.734. The average molecular weight is 254 g/mol. The third-order valence-corrected chi connectivity index (χ3v) is 2.30. The van der Waals surface area contributed by atoms with Crippen molar-refractivity contribution >= 4 is 0 Å². The van der Waals surface area contributed by atoms with Gasteiger partial charge in [0, 0.05) is 12.5 Å². The molecule has 98 valence electrons. The molecule has 1 unspecified atom stereocenters. The highest BCUT2D eigenvalue weighted by molar-refractivity contribution is 5.31. The third-order valence-electron chi connectivity index (χ3n) is 2.30. The van der Waals surface area contributed by atoms with E-state index in [1.807, 2.05) is 6.07 Å². The highest BCUT2D eigenvalue weighted by atomic mass is 19.1. The summed E-state index contributed by atoms with van der Waals surface area (Å²) in [6.45, 7) is 1.89. The first-order valence-electron chi connectivity index (χ1n) is 5.78. The fourth-order valence-electron chi connectivity index (χ4n) is 1.57. The molecular formula is C13H16F2N2O. The molecule has 5 heteroatoms. The van der Waals surface area contributed by atoms with Gasteiger partial charge in [0.2, 0.25) is 0 Å². The lowest BCUT2D eigenvalue weighted by Crippen LogP contribution is -2.18. The highest BCUT2D eigenvalue weighted by Gasteiger charge is 2.13. The maximum absolute atomic E-state index is 13.6. The van der Waals surface area contributed by atoms with Gasteiger partial charge in [-0.2, -0.15) is 5.26 Å².